The Morgan fingerprint density at radius 1 is 1.05 bits per heavy atom. The summed E-state index contributed by atoms with van der Waals surface area (Å²) in [4.78, 5) is 30.9. The van der Waals surface area contributed by atoms with Gasteiger partial charge in [0.1, 0.15) is 0 Å². The van der Waals surface area contributed by atoms with Crippen molar-refractivity contribution in [2.24, 2.45) is 5.16 Å². The van der Waals surface area contributed by atoms with Crippen LogP contribution in [0.15, 0.2) is 78.0 Å². The summed E-state index contributed by atoms with van der Waals surface area (Å²) < 4.78 is 43.9. The highest BCUT2D eigenvalue weighted by Gasteiger charge is 2.49. The maximum absolute atomic E-state index is 13.3. The summed E-state index contributed by atoms with van der Waals surface area (Å²) in [5.41, 5.74) is 0.136. The van der Waals surface area contributed by atoms with Crippen LogP contribution in [-0.4, -0.2) is 30.3 Å². The number of methoxy groups -OCH3 is 1. The molecule has 7 nitrogen and oxygen atoms in total. The number of nitrogens with one attached hydrogen (secondary N) is 1. The molecule has 0 bridgehead atoms. The fraction of sp³-hybridized carbons (Fsp3) is 0.185. The second-order valence-corrected chi connectivity index (χ2v) is 8.36. The molecular formula is C27H20F3N3O4. The Morgan fingerprint density at radius 2 is 1.76 bits per heavy atom. The first-order chi connectivity index (χ1) is 17.6. The first-order valence-electron chi connectivity index (χ1n) is 11.0. The van der Waals surface area contributed by atoms with E-state index in [0.29, 0.717) is 33.7 Å². The Labute approximate surface area is 210 Å². The van der Waals surface area contributed by atoms with Gasteiger partial charge in [-0.1, -0.05) is 41.6 Å². The molecule has 0 aliphatic carbocycles. The van der Waals surface area contributed by atoms with Crippen molar-refractivity contribution in [3.05, 3.63) is 89.5 Å². The van der Waals surface area contributed by atoms with Gasteiger partial charge in [0, 0.05) is 17.7 Å². The number of esters is 1. The number of hydrogen-bond donors (Lipinski definition) is 1. The third-order valence-corrected chi connectivity index (χ3v) is 5.85. The maximum atomic E-state index is 13.3. The third kappa shape index (κ3) is 5.62. The summed E-state index contributed by atoms with van der Waals surface area (Å²) in [7, 11) is 1.19. The number of ether oxygens (including phenoxy) is 1. The molecule has 1 heterocycles. The molecule has 0 aromatic heterocycles. The zero-order valence-corrected chi connectivity index (χ0v) is 19.5. The first-order valence-corrected chi connectivity index (χ1v) is 11.0. The Balaban J connectivity index is 1.54. The van der Waals surface area contributed by atoms with E-state index in [1.165, 1.54) is 25.3 Å². The Hall–Kier alpha value is -4.65. The Kier molecular flexibility index (Phi) is 6.98. The SMILES string of the molecule is COC(=O)CC1(C(=O)Nc2ccc(-c3cccc(C(F)(F)F)c3)cc2)CC(c2cccc(C#N)c2)=NO1. The molecular weight excluding hydrogens is 487 g/mol. The predicted molar refractivity (Wildman–Crippen MR) is 128 cm³/mol. The molecule has 1 N–H and O–H groups in total. The fourth-order valence-electron chi connectivity index (χ4n) is 3.87. The minimum Gasteiger partial charge on any atom is -0.469 e. The van der Waals surface area contributed by atoms with E-state index in [2.05, 4.69) is 10.5 Å². The van der Waals surface area contributed by atoms with Crippen molar-refractivity contribution < 1.29 is 32.3 Å². The van der Waals surface area contributed by atoms with Gasteiger partial charge < -0.3 is 14.9 Å². The topological polar surface area (TPSA) is 101 Å². The van der Waals surface area contributed by atoms with Crippen LogP contribution in [0.4, 0.5) is 18.9 Å². The van der Waals surface area contributed by atoms with Gasteiger partial charge in [-0.3, -0.25) is 9.59 Å². The van der Waals surface area contributed by atoms with E-state index in [0.717, 1.165) is 12.1 Å². The number of hydrogen-bond acceptors (Lipinski definition) is 6. The normalized spacial score (nSPS) is 16.8. The van der Waals surface area contributed by atoms with Gasteiger partial charge in [-0.2, -0.15) is 18.4 Å². The fourth-order valence-corrected chi connectivity index (χ4v) is 3.87. The number of alkyl halides is 3. The van der Waals surface area contributed by atoms with Crippen LogP contribution >= 0.6 is 0 Å². The number of carbonyl (C=O) groups excluding carboxylic acids is 2. The molecule has 1 aliphatic rings. The lowest BCUT2D eigenvalue weighted by Crippen LogP contribution is -2.45. The Morgan fingerprint density at radius 3 is 2.43 bits per heavy atom. The monoisotopic (exact) mass is 507 g/mol. The minimum atomic E-state index is -4.46. The molecule has 1 unspecified atom stereocenters. The van der Waals surface area contributed by atoms with Gasteiger partial charge in [0.15, 0.2) is 0 Å². The number of anilines is 1. The second-order valence-electron chi connectivity index (χ2n) is 8.36. The van der Waals surface area contributed by atoms with E-state index in [1.807, 2.05) is 6.07 Å². The maximum Gasteiger partial charge on any atom is 0.416 e. The summed E-state index contributed by atoms with van der Waals surface area (Å²) >= 11 is 0. The lowest BCUT2D eigenvalue weighted by molar-refractivity contribution is -0.155. The molecule has 0 radical (unpaired) electrons. The molecule has 37 heavy (non-hydrogen) atoms. The van der Waals surface area contributed by atoms with Crippen LogP contribution in [0.25, 0.3) is 11.1 Å². The number of nitrogens with zero attached hydrogens (tertiary/aromatic N) is 2. The zero-order chi connectivity index (χ0) is 26.6. The molecule has 10 heteroatoms. The van der Waals surface area contributed by atoms with Gasteiger partial charge in [-0.05, 0) is 47.5 Å². The van der Waals surface area contributed by atoms with E-state index < -0.39 is 35.6 Å². The third-order valence-electron chi connectivity index (χ3n) is 5.85. The van der Waals surface area contributed by atoms with E-state index in [9.17, 15) is 22.8 Å². The highest BCUT2D eigenvalue weighted by atomic mass is 19.4. The molecule has 0 saturated carbocycles. The average Bonchev–Trinajstić information content (AvgIpc) is 3.34. The quantitative estimate of drug-likeness (QED) is 0.456. The van der Waals surface area contributed by atoms with Crippen LogP contribution in [0, 0.1) is 11.3 Å². The van der Waals surface area contributed by atoms with Crippen LogP contribution in [0.2, 0.25) is 0 Å². The number of halogens is 3. The van der Waals surface area contributed by atoms with Crippen molar-refractivity contribution in [1.82, 2.24) is 0 Å². The molecule has 1 amide bonds. The van der Waals surface area contributed by atoms with Crippen molar-refractivity contribution in [3.63, 3.8) is 0 Å². The molecule has 1 aliphatic heterocycles. The van der Waals surface area contributed by atoms with Gasteiger partial charge in [0.05, 0.1) is 36.4 Å². The van der Waals surface area contributed by atoms with Gasteiger partial charge in [-0.15, -0.1) is 0 Å². The number of benzene rings is 3. The molecule has 0 spiro atoms. The summed E-state index contributed by atoms with van der Waals surface area (Å²) in [6, 6.07) is 19.8. The van der Waals surface area contributed by atoms with E-state index in [1.54, 1.807) is 42.5 Å². The summed E-state index contributed by atoms with van der Waals surface area (Å²) in [6.07, 6.45) is -4.93. The van der Waals surface area contributed by atoms with Crippen molar-refractivity contribution in [3.8, 4) is 17.2 Å². The zero-order valence-electron chi connectivity index (χ0n) is 19.5. The summed E-state index contributed by atoms with van der Waals surface area (Å²) in [5, 5.41) is 15.9. The largest absolute Gasteiger partial charge is 0.469 e. The summed E-state index contributed by atoms with van der Waals surface area (Å²) in [5.74, 6) is -1.34. The van der Waals surface area contributed by atoms with E-state index in [-0.39, 0.29) is 6.42 Å². The van der Waals surface area contributed by atoms with Crippen LogP contribution in [-0.2, 0) is 25.3 Å². The van der Waals surface area contributed by atoms with Crippen LogP contribution in [0.5, 0.6) is 0 Å². The number of rotatable bonds is 6. The molecule has 4 rings (SSSR count). The highest BCUT2D eigenvalue weighted by molar-refractivity contribution is 6.09. The molecule has 1 atom stereocenters. The van der Waals surface area contributed by atoms with Crippen LogP contribution in [0.1, 0.15) is 29.5 Å². The lowest BCUT2D eigenvalue weighted by atomic mass is 9.89. The molecule has 3 aromatic carbocycles. The average molecular weight is 507 g/mol. The van der Waals surface area contributed by atoms with Crippen molar-refractivity contribution in [1.29, 1.82) is 5.26 Å². The number of amides is 1. The van der Waals surface area contributed by atoms with Crippen molar-refractivity contribution in [2.75, 3.05) is 12.4 Å². The van der Waals surface area contributed by atoms with Gasteiger partial charge >= 0.3 is 12.1 Å². The van der Waals surface area contributed by atoms with Crippen LogP contribution < -0.4 is 5.32 Å². The molecule has 0 saturated heterocycles. The molecule has 0 fully saturated rings. The van der Waals surface area contributed by atoms with Gasteiger partial charge in [0.2, 0.25) is 5.60 Å². The Bertz CT molecular complexity index is 1410. The molecule has 3 aromatic rings. The van der Waals surface area contributed by atoms with E-state index in [4.69, 9.17) is 14.8 Å². The van der Waals surface area contributed by atoms with Crippen molar-refractivity contribution in [2.45, 2.75) is 24.6 Å². The van der Waals surface area contributed by atoms with Gasteiger partial charge in [-0.25, -0.2) is 0 Å². The van der Waals surface area contributed by atoms with Crippen molar-refractivity contribution >= 4 is 23.3 Å². The van der Waals surface area contributed by atoms with Gasteiger partial charge in [0.25, 0.3) is 5.91 Å². The highest BCUT2D eigenvalue weighted by Crippen LogP contribution is 2.34. The lowest BCUT2D eigenvalue weighted by Gasteiger charge is -2.24. The molecule has 188 valence electrons. The minimum absolute atomic E-state index is 0.0505. The van der Waals surface area contributed by atoms with Crippen LogP contribution in [0.3, 0.4) is 0 Å². The number of carbonyl (C=O) groups is 2. The number of oxime groups is 1. The van der Waals surface area contributed by atoms with E-state index >= 15 is 0 Å². The predicted octanol–water partition coefficient (Wildman–Crippen LogP) is 5.31. The smallest absolute Gasteiger partial charge is 0.416 e. The summed E-state index contributed by atoms with van der Waals surface area (Å²) in [6.45, 7) is 0. The standard InChI is InChI=1S/C27H20F3N3O4/c1-36-24(34)15-26(14-23(33-37-26)20-6-2-4-17(12-20)16-31)25(35)32-22-10-8-18(9-11-22)19-5-3-7-21(13-19)27(28,29)30/h2-13H,14-15H2,1H3,(H,32,35). The first kappa shape index (κ1) is 25.4. The second kappa shape index (κ2) is 10.1. The number of nitriles is 1.